The minimum Gasteiger partial charge on any atom is -0.289 e. The van der Waals surface area contributed by atoms with Gasteiger partial charge in [0.05, 0.1) is 7.11 Å². The monoisotopic (exact) mass is 272 g/mol. The predicted molar refractivity (Wildman–Crippen MR) is 69.5 cm³/mol. The number of anilines is 1. The largest absolute Gasteiger partial charge is 0.346 e. The predicted octanol–water partition coefficient (Wildman–Crippen LogP) is 2.45. The van der Waals surface area contributed by atoms with E-state index in [0.717, 1.165) is 10.6 Å². The van der Waals surface area contributed by atoms with Crippen LogP contribution in [0.1, 0.15) is 26.3 Å². The molecule has 0 saturated heterocycles. The fourth-order valence-corrected chi connectivity index (χ4v) is 1.61. The summed E-state index contributed by atoms with van der Waals surface area (Å²) in [5.74, 6) is 0.332. The molecule has 0 unspecified atom stereocenters. The van der Waals surface area contributed by atoms with E-state index in [0.29, 0.717) is 11.0 Å². The van der Waals surface area contributed by atoms with E-state index in [1.165, 1.54) is 14.2 Å². The van der Waals surface area contributed by atoms with Crippen molar-refractivity contribution >= 4 is 23.4 Å². The quantitative estimate of drug-likeness (QED) is 0.840. The van der Waals surface area contributed by atoms with Crippen LogP contribution in [0, 0.1) is 0 Å². The number of nitrogens with zero attached hydrogens (tertiary/aromatic N) is 3. The van der Waals surface area contributed by atoms with Crippen LogP contribution in [-0.4, -0.2) is 35.4 Å². The second-order valence-electron chi connectivity index (χ2n) is 4.79. The molecule has 0 aliphatic rings. The van der Waals surface area contributed by atoms with Gasteiger partial charge >= 0.3 is 6.03 Å². The summed E-state index contributed by atoms with van der Waals surface area (Å²) in [6.07, 6.45) is 0. The highest BCUT2D eigenvalue weighted by Gasteiger charge is 2.20. The summed E-state index contributed by atoms with van der Waals surface area (Å²) in [5, 5.41) is 11.6. The maximum Gasteiger partial charge on any atom is 0.346 e. The molecule has 1 rings (SSSR count). The lowest BCUT2D eigenvalue weighted by molar-refractivity contribution is -0.0598. The van der Waals surface area contributed by atoms with Gasteiger partial charge in [-0.2, -0.15) is 0 Å². The number of rotatable bonds is 2. The lowest BCUT2D eigenvalue weighted by atomic mass is 9.88. The summed E-state index contributed by atoms with van der Waals surface area (Å²) in [6, 6.07) is 1.27. The van der Waals surface area contributed by atoms with Crippen LogP contribution in [0.4, 0.5) is 10.6 Å². The molecule has 1 aromatic rings. The number of nitrogens with one attached hydrogen (secondary N) is 1. The van der Waals surface area contributed by atoms with Crippen molar-refractivity contribution in [3.05, 3.63) is 16.8 Å². The Hall–Kier alpha value is -1.40. The van der Waals surface area contributed by atoms with Gasteiger partial charge in [-0.15, -0.1) is 10.2 Å². The van der Waals surface area contributed by atoms with E-state index in [-0.39, 0.29) is 5.41 Å². The van der Waals surface area contributed by atoms with Gasteiger partial charge in [0.15, 0.2) is 11.0 Å². The van der Waals surface area contributed by atoms with E-state index < -0.39 is 6.03 Å². The van der Waals surface area contributed by atoms with Gasteiger partial charge in [-0.25, -0.2) is 9.86 Å². The lowest BCUT2D eigenvalue weighted by Gasteiger charge is -2.20. The summed E-state index contributed by atoms with van der Waals surface area (Å²) >= 11 is 5.99. The molecule has 1 N–H and O–H groups in total. The molecule has 0 fully saturated rings. The maximum absolute atomic E-state index is 11.6. The first-order valence-electron chi connectivity index (χ1n) is 5.38. The second kappa shape index (κ2) is 5.49. The van der Waals surface area contributed by atoms with E-state index in [1.54, 1.807) is 6.07 Å². The third-order valence-corrected chi connectivity index (χ3v) is 2.63. The van der Waals surface area contributed by atoms with Crippen LogP contribution in [0.2, 0.25) is 5.15 Å². The van der Waals surface area contributed by atoms with Crippen LogP contribution < -0.4 is 5.32 Å². The zero-order valence-electron chi connectivity index (χ0n) is 11.1. The van der Waals surface area contributed by atoms with Crippen molar-refractivity contribution in [3.63, 3.8) is 0 Å². The number of hydroxylamine groups is 2. The third kappa shape index (κ3) is 3.54. The molecule has 0 bridgehead atoms. The molecule has 7 heteroatoms. The molecule has 0 aliphatic heterocycles. The average molecular weight is 273 g/mol. The van der Waals surface area contributed by atoms with Crippen LogP contribution in [-0.2, 0) is 10.3 Å². The number of amides is 2. The zero-order valence-corrected chi connectivity index (χ0v) is 11.9. The van der Waals surface area contributed by atoms with Crippen LogP contribution in [0.5, 0.6) is 0 Å². The molecule has 0 spiro atoms. The first-order chi connectivity index (χ1) is 8.25. The molecule has 6 nitrogen and oxygen atoms in total. The molecule has 0 saturated carbocycles. The van der Waals surface area contributed by atoms with E-state index in [4.69, 9.17) is 16.4 Å². The highest BCUT2D eigenvalue weighted by atomic mass is 35.5. The maximum atomic E-state index is 11.6. The fourth-order valence-electron chi connectivity index (χ4n) is 1.23. The topological polar surface area (TPSA) is 67.3 Å². The van der Waals surface area contributed by atoms with Gasteiger partial charge < -0.3 is 0 Å². The molecule has 0 radical (unpaired) electrons. The molecule has 18 heavy (non-hydrogen) atoms. The van der Waals surface area contributed by atoms with Crippen molar-refractivity contribution in [2.45, 2.75) is 26.2 Å². The Kier molecular flexibility index (Phi) is 4.48. The summed E-state index contributed by atoms with van der Waals surface area (Å²) in [7, 11) is 2.89. The highest BCUT2D eigenvalue weighted by molar-refractivity contribution is 6.30. The lowest BCUT2D eigenvalue weighted by Crippen LogP contribution is -2.30. The summed E-state index contributed by atoms with van der Waals surface area (Å²) in [5.41, 5.74) is 0.633. The number of hydrogen-bond acceptors (Lipinski definition) is 4. The van der Waals surface area contributed by atoms with Crippen LogP contribution in [0.25, 0.3) is 0 Å². The standard InChI is InChI=1S/C11H17ClN4O2/c1-11(2,3)7-6-8(14-15-9(7)12)13-10(17)16(4)18-5/h6H,1-5H3,(H,13,14,17). The fraction of sp³-hybridized carbons (Fsp3) is 0.545. The minimum absolute atomic E-state index is 0.181. The minimum atomic E-state index is -0.436. The van der Waals surface area contributed by atoms with E-state index in [1.807, 2.05) is 20.8 Å². The van der Waals surface area contributed by atoms with Gasteiger partial charge in [0.25, 0.3) is 0 Å². The number of urea groups is 1. The van der Waals surface area contributed by atoms with Crippen molar-refractivity contribution in [2.24, 2.45) is 0 Å². The van der Waals surface area contributed by atoms with Gasteiger partial charge in [-0.3, -0.25) is 10.2 Å². The van der Waals surface area contributed by atoms with E-state index in [9.17, 15) is 4.79 Å². The van der Waals surface area contributed by atoms with E-state index >= 15 is 0 Å². The van der Waals surface area contributed by atoms with E-state index in [2.05, 4.69) is 15.5 Å². The molecule has 0 aliphatic carbocycles. The molecule has 1 heterocycles. The Balaban J connectivity index is 2.96. The molecule has 1 aromatic heterocycles. The summed E-state index contributed by atoms with van der Waals surface area (Å²) < 4.78 is 0. The first kappa shape index (κ1) is 14.7. The zero-order chi connectivity index (χ0) is 13.9. The van der Waals surface area contributed by atoms with Crippen LogP contribution >= 0.6 is 11.6 Å². The Bertz CT molecular complexity index is 445. The molecular formula is C11H17ClN4O2. The Morgan fingerprint density at radius 3 is 2.56 bits per heavy atom. The number of hydrogen-bond donors (Lipinski definition) is 1. The Morgan fingerprint density at radius 1 is 1.44 bits per heavy atom. The van der Waals surface area contributed by atoms with Gasteiger partial charge in [0.1, 0.15) is 0 Å². The first-order valence-corrected chi connectivity index (χ1v) is 5.76. The molecular weight excluding hydrogens is 256 g/mol. The van der Waals surface area contributed by atoms with Gasteiger partial charge in [-0.1, -0.05) is 32.4 Å². The van der Waals surface area contributed by atoms with Crippen LogP contribution in [0.15, 0.2) is 6.07 Å². The molecule has 0 aromatic carbocycles. The molecule has 0 atom stereocenters. The third-order valence-electron chi connectivity index (χ3n) is 2.35. The number of carbonyl (C=O) groups excluding carboxylic acids is 1. The number of aromatic nitrogens is 2. The Labute approximate surface area is 111 Å². The van der Waals surface area contributed by atoms with Crippen molar-refractivity contribution in [3.8, 4) is 0 Å². The van der Waals surface area contributed by atoms with Crippen molar-refractivity contribution < 1.29 is 9.63 Å². The van der Waals surface area contributed by atoms with Crippen molar-refractivity contribution in [1.29, 1.82) is 0 Å². The number of halogens is 1. The molecule has 2 amide bonds. The summed E-state index contributed by atoms with van der Waals surface area (Å²) in [4.78, 5) is 16.3. The van der Waals surface area contributed by atoms with Gasteiger partial charge in [0.2, 0.25) is 0 Å². The highest BCUT2D eigenvalue weighted by Crippen LogP contribution is 2.28. The van der Waals surface area contributed by atoms with Crippen LogP contribution in [0.3, 0.4) is 0 Å². The summed E-state index contributed by atoms with van der Waals surface area (Å²) in [6.45, 7) is 6.01. The van der Waals surface area contributed by atoms with Gasteiger partial charge in [-0.05, 0) is 11.5 Å². The second-order valence-corrected chi connectivity index (χ2v) is 5.15. The average Bonchev–Trinajstić information content (AvgIpc) is 2.29. The van der Waals surface area contributed by atoms with Crippen molar-refractivity contribution in [2.75, 3.05) is 19.5 Å². The van der Waals surface area contributed by atoms with Gasteiger partial charge in [0, 0.05) is 12.6 Å². The normalized spacial score (nSPS) is 11.2. The SMILES string of the molecule is CON(C)C(=O)Nc1cc(C(C)(C)C)c(Cl)nn1. The smallest absolute Gasteiger partial charge is 0.289 e. The number of carbonyl (C=O) groups is 1. The van der Waals surface area contributed by atoms with Crippen molar-refractivity contribution in [1.82, 2.24) is 15.3 Å². The molecule has 100 valence electrons. The Morgan fingerprint density at radius 2 is 2.06 bits per heavy atom.